The van der Waals surface area contributed by atoms with Crippen LogP contribution in [0.4, 0.5) is 5.82 Å². The van der Waals surface area contributed by atoms with Crippen molar-refractivity contribution in [1.29, 1.82) is 0 Å². The number of hydrogen-bond acceptors (Lipinski definition) is 5. The van der Waals surface area contributed by atoms with Gasteiger partial charge in [0.05, 0.1) is 0 Å². The lowest BCUT2D eigenvalue weighted by molar-refractivity contribution is 0.128. The lowest BCUT2D eigenvalue weighted by Crippen LogP contribution is -2.07. The number of nitrogens with zero attached hydrogens (tertiary/aromatic N) is 2. The lowest BCUT2D eigenvalue weighted by Gasteiger charge is -2.11. The Hall–Kier alpha value is -0.810. The fourth-order valence-electron chi connectivity index (χ4n) is 1.42. The highest BCUT2D eigenvalue weighted by Gasteiger charge is 2.08. The fourth-order valence-corrected chi connectivity index (χ4v) is 2.34. The fraction of sp³-hybridized carbons (Fsp3) is 0.714. The molecule has 1 aromatic heterocycles. The molecule has 1 rings (SSSR count). The molecule has 0 saturated carbocycles. The van der Waals surface area contributed by atoms with Crippen LogP contribution in [-0.4, -0.2) is 28.4 Å². The molecule has 0 spiro atoms. The van der Waals surface area contributed by atoms with Crippen molar-refractivity contribution in [1.82, 2.24) is 9.97 Å². The van der Waals surface area contributed by atoms with E-state index in [9.17, 15) is 0 Å². The highest BCUT2D eigenvalue weighted by Crippen LogP contribution is 2.25. The van der Waals surface area contributed by atoms with Gasteiger partial charge in [-0.15, -0.1) is 11.8 Å². The molecule has 4 nitrogen and oxygen atoms in total. The zero-order valence-corrected chi connectivity index (χ0v) is 13.2. The van der Waals surface area contributed by atoms with E-state index in [0.717, 1.165) is 36.1 Å². The van der Waals surface area contributed by atoms with Gasteiger partial charge in [0.15, 0.2) is 5.82 Å². The van der Waals surface area contributed by atoms with E-state index < -0.39 is 0 Å². The molecule has 0 amide bonds. The topological polar surface area (TPSA) is 47.0 Å². The van der Waals surface area contributed by atoms with Crippen LogP contribution in [0.2, 0.25) is 0 Å². The molecule has 0 aromatic carbocycles. The van der Waals surface area contributed by atoms with E-state index in [2.05, 4.69) is 36.1 Å². The van der Waals surface area contributed by atoms with Crippen molar-refractivity contribution in [2.24, 2.45) is 0 Å². The summed E-state index contributed by atoms with van der Waals surface area (Å²) in [6, 6.07) is 2.03. The molecule has 1 heterocycles. The molecule has 0 radical (unpaired) electrons. The molecule has 108 valence electrons. The average Bonchev–Trinajstić information content (AvgIpc) is 2.42. The third kappa shape index (κ3) is 6.25. The Labute approximate surface area is 120 Å². The molecule has 0 aliphatic rings. The summed E-state index contributed by atoms with van der Waals surface area (Å²) in [5.74, 6) is 1.66. The second kappa shape index (κ2) is 9.15. The van der Waals surface area contributed by atoms with Crippen molar-refractivity contribution in [3.8, 4) is 0 Å². The number of aromatic nitrogens is 2. The highest BCUT2D eigenvalue weighted by atomic mass is 32.2. The molecule has 0 bridgehead atoms. The van der Waals surface area contributed by atoms with Crippen molar-refractivity contribution in [3.63, 3.8) is 0 Å². The second-order valence-corrected chi connectivity index (χ2v) is 5.87. The maximum atomic E-state index is 5.40. The first kappa shape index (κ1) is 16.2. The Morgan fingerprint density at radius 2 is 2.11 bits per heavy atom. The van der Waals surface area contributed by atoms with E-state index in [1.54, 1.807) is 11.8 Å². The summed E-state index contributed by atoms with van der Waals surface area (Å²) >= 11 is 1.79. The molecule has 1 unspecified atom stereocenters. The van der Waals surface area contributed by atoms with Crippen LogP contribution in [0.3, 0.4) is 0 Å². The number of hydrogen-bond donors (Lipinski definition) is 1. The van der Waals surface area contributed by atoms with Gasteiger partial charge in [-0.25, -0.2) is 9.97 Å². The molecule has 1 atom stereocenters. The summed E-state index contributed by atoms with van der Waals surface area (Å²) in [5, 5.41) is 4.91. The van der Waals surface area contributed by atoms with E-state index >= 15 is 0 Å². The van der Waals surface area contributed by atoms with Gasteiger partial charge in [-0.3, -0.25) is 0 Å². The maximum Gasteiger partial charge on any atom is 0.157 e. The van der Waals surface area contributed by atoms with Crippen LogP contribution in [0, 0.1) is 0 Å². The molecule has 0 fully saturated rings. The van der Waals surface area contributed by atoms with Crippen molar-refractivity contribution in [2.75, 3.05) is 18.5 Å². The quantitative estimate of drug-likeness (QED) is 0.553. The van der Waals surface area contributed by atoms with Crippen LogP contribution >= 0.6 is 11.8 Å². The van der Waals surface area contributed by atoms with Gasteiger partial charge in [0.25, 0.3) is 0 Å². The summed E-state index contributed by atoms with van der Waals surface area (Å²) in [7, 11) is 0. The van der Waals surface area contributed by atoms with Gasteiger partial charge in [0.2, 0.25) is 0 Å². The van der Waals surface area contributed by atoms with Gasteiger partial charge in [0.1, 0.15) is 17.5 Å². The molecular formula is C14H25N3OS. The predicted molar refractivity (Wildman–Crippen MR) is 81.8 cm³/mol. The third-order valence-corrected chi connectivity index (χ3v) is 3.82. The standard InChI is InChI=1S/C14H25N3OS/c1-5-8-15-12-9-14(19-11(4)6-2)17-13(16-12)10-18-7-3/h9,11H,5-8,10H2,1-4H3,(H,15,16,17). The van der Waals surface area contributed by atoms with Crippen LogP contribution in [0.1, 0.15) is 46.4 Å². The normalized spacial score (nSPS) is 12.4. The summed E-state index contributed by atoms with van der Waals surface area (Å²) in [5.41, 5.74) is 0. The molecule has 5 heteroatoms. The van der Waals surface area contributed by atoms with E-state index in [0.29, 0.717) is 18.5 Å². The van der Waals surface area contributed by atoms with E-state index in [1.165, 1.54) is 0 Å². The van der Waals surface area contributed by atoms with Crippen molar-refractivity contribution < 1.29 is 4.74 Å². The molecule has 1 aromatic rings. The number of anilines is 1. The Morgan fingerprint density at radius 1 is 1.32 bits per heavy atom. The second-order valence-electron chi connectivity index (χ2n) is 4.41. The van der Waals surface area contributed by atoms with Gasteiger partial charge in [0, 0.05) is 24.5 Å². The van der Waals surface area contributed by atoms with Crippen LogP contribution < -0.4 is 5.32 Å². The van der Waals surface area contributed by atoms with E-state index in [4.69, 9.17) is 4.74 Å². The first-order valence-electron chi connectivity index (χ1n) is 7.05. The Bertz CT molecular complexity index is 347. The van der Waals surface area contributed by atoms with Crippen molar-refractivity contribution >= 4 is 17.6 Å². The highest BCUT2D eigenvalue weighted by molar-refractivity contribution is 7.99. The zero-order chi connectivity index (χ0) is 14.1. The summed E-state index contributed by atoms with van der Waals surface area (Å²) in [4.78, 5) is 9.03. The summed E-state index contributed by atoms with van der Waals surface area (Å²) in [6.07, 6.45) is 2.21. The van der Waals surface area contributed by atoms with Gasteiger partial charge >= 0.3 is 0 Å². The number of rotatable bonds is 9. The zero-order valence-electron chi connectivity index (χ0n) is 12.4. The molecule has 0 aliphatic carbocycles. The SMILES string of the molecule is CCCNc1cc(SC(C)CC)nc(COCC)n1. The van der Waals surface area contributed by atoms with Crippen LogP contribution in [0.25, 0.3) is 0 Å². The maximum absolute atomic E-state index is 5.40. The van der Waals surface area contributed by atoms with Crippen LogP contribution in [0.15, 0.2) is 11.1 Å². The van der Waals surface area contributed by atoms with Crippen molar-refractivity contribution in [2.45, 2.75) is 57.4 Å². The predicted octanol–water partition coefficient (Wildman–Crippen LogP) is 3.73. The number of ether oxygens (including phenoxy) is 1. The van der Waals surface area contributed by atoms with Gasteiger partial charge in [-0.2, -0.15) is 0 Å². The molecule has 0 saturated heterocycles. The largest absolute Gasteiger partial charge is 0.374 e. The lowest BCUT2D eigenvalue weighted by atomic mass is 10.4. The van der Waals surface area contributed by atoms with Crippen LogP contribution in [0.5, 0.6) is 0 Å². The number of thioether (sulfide) groups is 1. The van der Waals surface area contributed by atoms with Gasteiger partial charge in [-0.1, -0.05) is 20.8 Å². The minimum Gasteiger partial charge on any atom is -0.374 e. The van der Waals surface area contributed by atoms with E-state index in [-0.39, 0.29) is 0 Å². The molecular weight excluding hydrogens is 258 g/mol. The molecule has 19 heavy (non-hydrogen) atoms. The Morgan fingerprint density at radius 3 is 2.74 bits per heavy atom. The molecule has 1 N–H and O–H groups in total. The van der Waals surface area contributed by atoms with E-state index in [1.807, 2.05) is 13.0 Å². The summed E-state index contributed by atoms with van der Waals surface area (Å²) < 4.78 is 5.40. The van der Waals surface area contributed by atoms with Gasteiger partial charge < -0.3 is 10.1 Å². The third-order valence-electron chi connectivity index (χ3n) is 2.64. The first-order valence-corrected chi connectivity index (χ1v) is 7.93. The van der Waals surface area contributed by atoms with Gasteiger partial charge in [-0.05, 0) is 19.8 Å². The minimum absolute atomic E-state index is 0.478. The Balaban J connectivity index is 2.81. The smallest absolute Gasteiger partial charge is 0.157 e. The van der Waals surface area contributed by atoms with Crippen molar-refractivity contribution in [3.05, 3.63) is 11.9 Å². The minimum atomic E-state index is 0.478. The number of nitrogens with one attached hydrogen (secondary N) is 1. The average molecular weight is 283 g/mol. The molecule has 0 aliphatic heterocycles. The van der Waals surface area contributed by atoms with Crippen LogP contribution in [-0.2, 0) is 11.3 Å². The summed E-state index contributed by atoms with van der Waals surface area (Å²) in [6.45, 7) is 10.6. The monoisotopic (exact) mass is 283 g/mol. The Kier molecular flexibility index (Phi) is 7.82. The first-order chi connectivity index (χ1) is 9.19.